The molecule has 0 fully saturated rings. The zero-order chi connectivity index (χ0) is 7.28. The highest BCUT2D eigenvalue weighted by atomic mass is 32.1. The number of thiocarbonyl (C=S) groups is 1. The third kappa shape index (κ3) is 7.36. The summed E-state index contributed by atoms with van der Waals surface area (Å²) in [6.07, 6.45) is 1.23. The van der Waals surface area contributed by atoms with Crippen molar-refractivity contribution < 1.29 is 9.90 Å². The summed E-state index contributed by atoms with van der Waals surface area (Å²) in [5.74, 6) is -0.800. The van der Waals surface area contributed by atoms with Gasteiger partial charge in [-0.2, -0.15) is 0 Å². The Morgan fingerprint density at radius 2 is 2.11 bits per heavy atom. The second-order valence-electron chi connectivity index (χ2n) is 1.71. The molecule has 52 valence electrons. The van der Waals surface area contributed by atoms with Gasteiger partial charge in [0.25, 0.3) is 0 Å². The van der Waals surface area contributed by atoms with Gasteiger partial charge < -0.3 is 10.8 Å². The van der Waals surface area contributed by atoms with Crippen LogP contribution in [0, 0.1) is 0 Å². The number of carbonyl (C=O) groups is 1. The van der Waals surface area contributed by atoms with Gasteiger partial charge in [0.15, 0.2) is 0 Å². The van der Waals surface area contributed by atoms with E-state index < -0.39 is 5.97 Å². The Hall–Kier alpha value is -0.640. The van der Waals surface area contributed by atoms with Gasteiger partial charge in [0.1, 0.15) is 0 Å². The number of rotatable bonds is 4. The van der Waals surface area contributed by atoms with Gasteiger partial charge in [0.05, 0.1) is 4.99 Å². The molecule has 3 N–H and O–H groups in total. The zero-order valence-corrected chi connectivity index (χ0v) is 5.78. The smallest absolute Gasteiger partial charge is 0.303 e. The molecule has 0 aliphatic rings. The molecule has 0 aliphatic heterocycles. The van der Waals surface area contributed by atoms with Crippen molar-refractivity contribution in [1.29, 1.82) is 0 Å². The Bertz CT molecular complexity index is 110. The maximum Gasteiger partial charge on any atom is 0.303 e. The SMILES string of the molecule is NC(=S)CCCC(=O)O. The van der Waals surface area contributed by atoms with Gasteiger partial charge in [-0.1, -0.05) is 12.2 Å². The first kappa shape index (κ1) is 8.36. The molecule has 3 nitrogen and oxygen atoms in total. The summed E-state index contributed by atoms with van der Waals surface area (Å²) in [6.45, 7) is 0. The minimum atomic E-state index is -0.800. The number of carboxylic acid groups (broad SMARTS) is 1. The van der Waals surface area contributed by atoms with Crippen LogP contribution in [0.15, 0.2) is 0 Å². The monoisotopic (exact) mass is 147 g/mol. The quantitative estimate of drug-likeness (QED) is 0.569. The average molecular weight is 147 g/mol. The lowest BCUT2D eigenvalue weighted by Gasteiger charge is -1.92. The van der Waals surface area contributed by atoms with Crippen molar-refractivity contribution in [3.05, 3.63) is 0 Å². The Balaban J connectivity index is 3.10. The lowest BCUT2D eigenvalue weighted by atomic mass is 10.2. The average Bonchev–Trinajstić information content (AvgIpc) is 1.63. The van der Waals surface area contributed by atoms with Gasteiger partial charge in [-0.05, 0) is 12.8 Å². The van der Waals surface area contributed by atoms with E-state index in [2.05, 4.69) is 12.2 Å². The molecule has 0 amide bonds. The van der Waals surface area contributed by atoms with Crippen LogP contribution in [0.5, 0.6) is 0 Å². The lowest BCUT2D eigenvalue weighted by Crippen LogP contribution is -2.07. The van der Waals surface area contributed by atoms with E-state index in [-0.39, 0.29) is 6.42 Å². The fourth-order valence-electron chi connectivity index (χ4n) is 0.414. The molecule has 0 radical (unpaired) electrons. The minimum absolute atomic E-state index is 0.150. The summed E-state index contributed by atoms with van der Waals surface area (Å²) in [6, 6.07) is 0. The van der Waals surface area contributed by atoms with E-state index in [1.165, 1.54) is 0 Å². The van der Waals surface area contributed by atoms with Gasteiger partial charge in [-0.25, -0.2) is 0 Å². The first-order valence-electron chi connectivity index (χ1n) is 2.63. The number of carboxylic acids is 1. The summed E-state index contributed by atoms with van der Waals surface area (Å²) in [5, 5.41) is 8.14. The molecule has 0 aromatic rings. The molecule has 0 saturated heterocycles. The molecule has 0 aliphatic carbocycles. The van der Waals surface area contributed by atoms with Crippen molar-refractivity contribution in [2.24, 2.45) is 5.73 Å². The fraction of sp³-hybridized carbons (Fsp3) is 0.600. The Morgan fingerprint density at radius 1 is 1.56 bits per heavy atom. The van der Waals surface area contributed by atoms with E-state index in [1.54, 1.807) is 0 Å². The highest BCUT2D eigenvalue weighted by Gasteiger charge is 1.95. The van der Waals surface area contributed by atoms with Crippen LogP contribution >= 0.6 is 12.2 Å². The molecule has 0 heterocycles. The summed E-state index contributed by atoms with van der Waals surface area (Å²) < 4.78 is 0. The van der Waals surface area contributed by atoms with Gasteiger partial charge >= 0.3 is 5.97 Å². The predicted octanol–water partition coefficient (Wildman–Crippen LogP) is 0.527. The van der Waals surface area contributed by atoms with Crippen molar-refractivity contribution in [1.82, 2.24) is 0 Å². The molecule has 0 bridgehead atoms. The molecule has 0 spiro atoms. The van der Waals surface area contributed by atoms with Crippen molar-refractivity contribution in [2.45, 2.75) is 19.3 Å². The molecule has 0 atom stereocenters. The van der Waals surface area contributed by atoms with Gasteiger partial charge in [0.2, 0.25) is 0 Å². The van der Waals surface area contributed by atoms with Crippen LogP contribution in [0.3, 0.4) is 0 Å². The Morgan fingerprint density at radius 3 is 2.44 bits per heavy atom. The summed E-state index contributed by atoms with van der Waals surface area (Å²) >= 11 is 4.53. The highest BCUT2D eigenvalue weighted by Crippen LogP contribution is 1.93. The van der Waals surface area contributed by atoms with E-state index in [0.29, 0.717) is 17.8 Å². The number of aliphatic carboxylic acids is 1. The first-order valence-corrected chi connectivity index (χ1v) is 3.04. The highest BCUT2D eigenvalue weighted by molar-refractivity contribution is 7.80. The van der Waals surface area contributed by atoms with Crippen LogP contribution in [-0.2, 0) is 4.79 Å². The zero-order valence-electron chi connectivity index (χ0n) is 4.96. The first-order chi connectivity index (χ1) is 4.13. The number of nitrogens with two attached hydrogens (primary N) is 1. The van der Waals surface area contributed by atoms with Gasteiger partial charge in [-0.3, -0.25) is 4.79 Å². The Kier molecular flexibility index (Phi) is 3.96. The fourth-order valence-corrected chi connectivity index (χ4v) is 0.558. The standard InChI is InChI=1S/C5H9NO2S/c6-4(9)2-1-3-5(7)8/h1-3H2,(H2,6,9)(H,7,8). The van der Waals surface area contributed by atoms with Crippen molar-refractivity contribution in [2.75, 3.05) is 0 Å². The van der Waals surface area contributed by atoms with Crippen LogP contribution in [0.4, 0.5) is 0 Å². The maximum atomic E-state index is 9.90. The lowest BCUT2D eigenvalue weighted by molar-refractivity contribution is -0.137. The topological polar surface area (TPSA) is 63.3 Å². The molecular formula is C5H9NO2S. The normalized spacial score (nSPS) is 8.89. The van der Waals surface area contributed by atoms with Crippen molar-refractivity contribution >= 4 is 23.2 Å². The largest absolute Gasteiger partial charge is 0.481 e. The number of hydrogen-bond acceptors (Lipinski definition) is 2. The van der Waals surface area contributed by atoms with E-state index in [9.17, 15) is 4.79 Å². The predicted molar refractivity (Wildman–Crippen MR) is 38.3 cm³/mol. The van der Waals surface area contributed by atoms with Crippen LogP contribution in [0.2, 0.25) is 0 Å². The number of hydrogen-bond donors (Lipinski definition) is 2. The van der Waals surface area contributed by atoms with Crippen LogP contribution in [-0.4, -0.2) is 16.1 Å². The van der Waals surface area contributed by atoms with Crippen LogP contribution in [0.25, 0.3) is 0 Å². The second kappa shape index (κ2) is 4.26. The summed E-state index contributed by atoms with van der Waals surface area (Å²) in [4.78, 5) is 10.3. The van der Waals surface area contributed by atoms with Gasteiger partial charge in [0, 0.05) is 6.42 Å². The molecule has 0 rings (SSSR count). The van der Waals surface area contributed by atoms with E-state index in [0.717, 1.165) is 0 Å². The third-order valence-corrected chi connectivity index (χ3v) is 1.02. The van der Waals surface area contributed by atoms with E-state index >= 15 is 0 Å². The van der Waals surface area contributed by atoms with E-state index in [4.69, 9.17) is 10.8 Å². The maximum absolute atomic E-state index is 9.90. The van der Waals surface area contributed by atoms with Crippen LogP contribution < -0.4 is 5.73 Å². The molecule has 9 heavy (non-hydrogen) atoms. The third-order valence-electron chi connectivity index (χ3n) is 0.814. The molecule has 0 aromatic carbocycles. The summed E-state index contributed by atoms with van der Waals surface area (Å²) in [5.41, 5.74) is 5.12. The molecule has 0 saturated carbocycles. The minimum Gasteiger partial charge on any atom is -0.481 e. The van der Waals surface area contributed by atoms with E-state index in [1.807, 2.05) is 0 Å². The van der Waals surface area contributed by atoms with Gasteiger partial charge in [-0.15, -0.1) is 0 Å². The second-order valence-corrected chi connectivity index (χ2v) is 2.24. The molecule has 4 heteroatoms. The van der Waals surface area contributed by atoms with Crippen molar-refractivity contribution in [3.63, 3.8) is 0 Å². The Labute approximate surface area is 58.9 Å². The molecule has 0 unspecified atom stereocenters. The van der Waals surface area contributed by atoms with Crippen LogP contribution in [0.1, 0.15) is 19.3 Å². The van der Waals surface area contributed by atoms with Crippen molar-refractivity contribution in [3.8, 4) is 0 Å². The molecule has 0 aromatic heterocycles. The summed E-state index contributed by atoms with van der Waals surface area (Å²) in [7, 11) is 0. The molecular weight excluding hydrogens is 138 g/mol.